The number of hydrogen-bond acceptors (Lipinski definition) is 3. The van der Waals surface area contributed by atoms with Crippen LogP contribution in [0.25, 0.3) is 0 Å². The van der Waals surface area contributed by atoms with Gasteiger partial charge in [-0.3, -0.25) is 4.21 Å². The Labute approximate surface area is 125 Å². The van der Waals surface area contributed by atoms with Crippen LogP contribution < -0.4 is 0 Å². The molecule has 2 unspecified atom stereocenters. The summed E-state index contributed by atoms with van der Waals surface area (Å²) in [5, 5.41) is 0.820. The number of fused-ring (bicyclic) bond motifs is 1. The molecule has 3 rings (SSSR count). The Morgan fingerprint density at radius 1 is 1.45 bits per heavy atom. The lowest BCUT2D eigenvalue weighted by Crippen LogP contribution is -2.06. The SMILES string of the molecule is Cc1nc(CS(=O)C2CCc3c(Cl)cccc32)oc1C. The molecule has 1 heterocycles. The summed E-state index contributed by atoms with van der Waals surface area (Å²) in [7, 11) is -1.03. The average Bonchev–Trinajstić information content (AvgIpc) is 2.95. The van der Waals surface area contributed by atoms with Crippen molar-refractivity contribution in [2.45, 2.75) is 37.7 Å². The molecule has 0 amide bonds. The summed E-state index contributed by atoms with van der Waals surface area (Å²) in [4.78, 5) is 4.31. The average molecular weight is 310 g/mol. The predicted octanol–water partition coefficient (Wildman–Crippen LogP) is 3.88. The van der Waals surface area contributed by atoms with Crippen molar-refractivity contribution in [3.63, 3.8) is 0 Å². The van der Waals surface area contributed by atoms with Gasteiger partial charge in [0.1, 0.15) is 11.5 Å². The van der Waals surface area contributed by atoms with E-state index < -0.39 is 10.8 Å². The van der Waals surface area contributed by atoms with Crippen LogP contribution in [0.4, 0.5) is 0 Å². The fourth-order valence-corrected chi connectivity index (χ4v) is 4.40. The first-order chi connectivity index (χ1) is 9.56. The minimum Gasteiger partial charge on any atom is -0.445 e. The monoisotopic (exact) mass is 309 g/mol. The molecule has 0 saturated heterocycles. The molecule has 20 heavy (non-hydrogen) atoms. The molecule has 0 radical (unpaired) electrons. The largest absolute Gasteiger partial charge is 0.445 e. The van der Waals surface area contributed by atoms with Gasteiger partial charge in [0.15, 0.2) is 0 Å². The van der Waals surface area contributed by atoms with E-state index in [1.165, 1.54) is 0 Å². The highest BCUT2D eigenvalue weighted by Gasteiger charge is 2.29. The van der Waals surface area contributed by atoms with Gasteiger partial charge in [0.25, 0.3) is 0 Å². The zero-order chi connectivity index (χ0) is 14.3. The van der Waals surface area contributed by atoms with Gasteiger partial charge in [0.05, 0.1) is 10.9 Å². The van der Waals surface area contributed by atoms with Crippen LogP contribution in [0.15, 0.2) is 22.6 Å². The van der Waals surface area contributed by atoms with Crippen molar-refractivity contribution in [2.24, 2.45) is 0 Å². The highest BCUT2D eigenvalue weighted by Crippen LogP contribution is 2.39. The van der Waals surface area contributed by atoms with Crippen LogP contribution in [-0.2, 0) is 23.0 Å². The zero-order valence-corrected chi connectivity index (χ0v) is 13.1. The molecular formula is C15H16ClNO2S. The van der Waals surface area contributed by atoms with Crippen LogP contribution in [0.2, 0.25) is 5.02 Å². The van der Waals surface area contributed by atoms with E-state index in [1.54, 1.807) is 0 Å². The molecule has 0 spiro atoms. The third-order valence-electron chi connectivity index (χ3n) is 3.81. The number of oxazole rings is 1. The number of aromatic nitrogens is 1. The third kappa shape index (κ3) is 2.42. The van der Waals surface area contributed by atoms with Gasteiger partial charge in [-0.05, 0) is 43.9 Å². The molecule has 0 fully saturated rings. The second-order valence-corrected chi connectivity index (χ2v) is 7.14. The van der Waals surface area contributed by atoms with Crippen molar-refractivity contribution in [1.82, 2.24) is 4.98 Å². The fourth-order valence-electron chi connectivity index (χ4n) is 2.67. The number of nitrogens with zero attached hydrogens (tertiary/aromatic N) is 1. The van der Waals surface area contributed by atoms with Crippen molar-refractivity contribution in [1.29, 1.82) is 0 Å². The van der Waals surface area contributed by atoms with Crippen LogP contribution in [0, 0.1) is 13.8 Å². The number of rotatable bonds is 3. The van der Waals surface area contributed by atoms with Gasteiger partial charge in [-0.25, -0.2) is 4.98 Å². The lowest BCUT2D eigenvalue weighted by Gasteiger charge is -2.10. The smallest absolute Gasteiger partial charge is 0.207 e. The number of hydrogen-bond donors (Lipinski definition) is 0. The third-order valence-corrected chi connectivity index (χ3v) is 5.82. The van der Waals surface area contributed by atoms with E-state index in [0.29, 0.717) is 11.6 Å². The Kier molecular flexibility index (Phi) is 3.69. The molecule has 0 N–H and O–H groups in total. The van der Waals surface area contributed by atoms with Crippen LogP contribution in [0.1, 0.15) is 40.1 Å². The second kappa shape index (κ2) is 5.34. The second-order valence-electron chi connectivity index (χ2n) is 5.11. The van der Waals surface area contributed by atoms with E-state index in [0.717, 1.165) is 40.4 Å². The van der Waals surface area contributed by atoms with Gasteiger partial charge < -0.3 is 4.42 Å². The summed E-state index contributed by atoms with van der Waals surface area (Å²) in [5.41, 5.74) is 3.13. The van der Waals surface area contributed by atoms with Crippen molar-refractivity contribution in [3.05, 3.63) is 51.7 Å². The van der Waals surface area contributed by atoms with Gasteiger partial charge in [-0.2, -0.15) is 0 Å². The maximum Gasteiger partial charge on any atom is 0.207 e. The van der Waals surface area contributed by atoms with E-state index in [-0.39, 0.29) is 5.25 Å². The van der Waals surface area contributed by atoms with Crippen LogP contribution >= 0.6 is 11.6 Å². The van der Waals surface area contributed by atoms with Crippen molar-refractivity contribution < 1.29 is 8.63 Å². The molecule has 1 aromatic carbocycles. The Morgan fingerprint density at radius 2 is 2.25 bits per heavy atom. The fraction of sp³-hybridized carbons (Fsp3) is 0.400. The normalized spacial score (nSPS) is 19.1. The molecular weight excluding hydrogens is 294 g/mol. The first kappa shape index (κ1) is 13.8. The van der Waals surface area contributed by atoms with Gasteiger partial charge >= 0.3 is 0 Å². The highest BCUT2D eigenvalue weighted by molar-refractivity contribution is 7.84. The minimum atomic E-state index is -1.03. The molecule has 1 aliphatic rings. The summed E-state index contributed by atoms with van der Waals surface area (Å²) in [6, 6.07) is 5.85. The lowest BCUT2D eigenvalue weighted by atomic mass is 10.1. The quantitative estimate of drug-likeness (QED) is 0.864. The Morgan fingerprint density at radius 3 is 2.95 bits per heavy atom. The van der Waals surface area contributed by atoms with Gasteiger partial charge in [-0.15, -0.1) is 0 Å². The van der Waals surface area contributed by atoms with E-state index >= 15 is 0 Å². The standard InChI is InChI=1S/C15H16ClNO2S/c1-9-10(2)19-15(17-9)8-20(18)14-7-6-11-12(14)4-3-5-13(11)16/h3-5,14H,6-8H2,1-2H3. The molecule has 0 aliphatic heterocycles. The molecule has 5 heteroatoms. The summed E-state index contributed by atoms with van der Waals surface area (Å²) in [6.45, 7) is 3.77. The molecule has 2 atom stereocenters. The lowest BCUT2D eigenvalue weighted by molar-refractivity contribution is 0.487. The Bertz CT molecular complexity index is 661. The van der Waals surface area contributed by atoms with E-state index in [4.69, 9.17) is 16.0 Å². The topological polar surface area (TPSA) is 43.1 Å². The van der Waals surface area contributed by atoms with Crippen molar-refractivity contribution >= 4 is 22.4 Å². The Hall–Kier alpha value is -1.13. The first-order valence-electron chi connectivity index (χ1n) is 6.63. The summed E-state index contributed by atoms with van der Waals surface area (Å²) in [6.07, 6.45) is 1.78. The van der Waals surface area contributed by atoms with Crippen LogP contribution in [0.3, 0.4) is 0 Å². The highest BCUT2D eigenvalue weighted by atomic mass is 35.5. The van der Waals surface area contributed by atoms with Crippen LogP contribution in [0.5, 0.6) is 0 Å². The number of halogens is 1. The Balaban J connectivity index is 1.82. The summed E-state index contributed by atoms with van der Waals surface area (Å²) in [5.74, 6) is 1.73. The number of benzene rings is 1. The zero-order valence-electron chi connectivity index (χ0n) is 11.5. The summed E-state index contributed by atoms with van der Waals surface area (Å²) < 4.78 is 18.1. The molecule has 106 valence electrons. The van der Waals surface area contributed by atoms with Gasteiger partial charge in [0.2, 0.25) is 5.89 Å². The van der Waals surface area contributed by atoms with E-state index in [2.05, 4.69) is 4.98 Å². The summed E-state index contributed by atoms with van der Waals surface area (Å²) >= 11 is 6.19. The van der Waals surface area contributed by atoms with E-state index in [1.807, 2.05) is 32.0 Å². The molecule has 1 aromatic heterocycles. The van der Waals surface area contributed by atoms with E-state index in [9.17, 15) is 4.21 Å². The predicted molar refractivity (Wildman–Crippen MR) is 80.3 cm³/mol. The van der Waals surface area contributed by atoms with Gasteiger partial charge in [-0.1, -0.05) is 23.7 Å². The van der Waals surface area contributed by atoms with Crippen molar-refractivity contribution in [3.8, 4) is 0 Å². The maximum atomic E-state index is 12.6. The first-order valence-corrected chi connectivity index (χ1v) is 8.39. The maximum absolute atomic E-state index is 12.6. The van der Waals surface area contributed by atoms with Crippen molar-refractivity contribution in [2.75, 3.05) is 0 Å². The number of aryl methyl sites for hydroxylation is 2. The molecule has 3 nitrogen and oxygen atoms in total. The van der Waals surface area contributed by atoms with Gasteiger partial charge in [0, 0.05) is 15.8 Å². The van der Waals surface area contributed by atoms with Crippen LogP contribution in [-0.4, -0.2) is 9.19 Å². The molecule has 0 saturated carbocycles. The molecule has 0 bridgehead atoms. The minimum absolute atomic E-state index is 0.0382. The molecule has 2 aromatic rings. The molecule has 1 aliphatic carbocycles.